The number of rotatable bonds is 6. The van der Waals surface area contributed by atoms with Crippen molar-refractivity contribution < 1.29 is 9.18 Å². The monoisotopic (exact) mass is 277 g/mol. The SMILES string of the molecule is CCN(CC)C(=O)CN(C)Cc1cccc(C#N)c1F. The van der Waals surface area contributed by atoms with Crippen LogP contribution in [0.3, 0.4) is 0 Å². The van der Waals surface area contributed by atoms with Crippen molar-refractivity contribution in [3.63, 3.8) is 0 Å². The lowest BCUT2D eigenvalue weighted by atomic mass is 10.1. The van der Waals surface area contributed by atoms with Crippen molar-refractivity contribution in [3.8, 4) is 6.07 Å². The van der Waals surface area contributed by atoms with Crippen molar-refractivity contribution in [2.24, 2.45) is 0 Å². The van der Waals surface area contributed by atoms with E-state index in [4.69, 9.17) is 5.26 Å². The maximum absolute atomic E-state index is 13.9. The molecule has 0 spiro atoms. The molecule has 1 rings (SSSR count). The average molecular weight is 277 g/mol. The van der Waals surface area contributed by atoms with Crippen LogP contribution in [0, 0.1) is 17.1 Å². The highest BCUT2D eigenvalue weighted by Gasteiger charge is 2.14. The average Bonchev–Trinajstić information content (AvgIpc) is 2.42. The first-order valence-corrected chi connectivity index (χ1v) is 6.67. The Bertz CT molecular complexity index is 506. The molecule has 0 heterocycles. The summed E-state index contributed by atoms with van der Waals surface area (Å²) in [5, 5.41) is 8.79. The highest BCUT2D eigenvalue weighted by Crippen LogP contribution is 2.13. The van der Waals surface area contributed by atoms with Crippen LogP contribution in [0.15, 0.2) is 18.2 Å². The lowest BCUT2D eigenvalue weighted by molar-refractivity contribution is -0.131. The summed E-state index contributed by atoms with van der Waals surface area (Å²) in [4.78, 5) is 15.4. The lowest BCUT2D eigenvalue weighted by Gasteiger charge is -2.23. The van der Waals surface area contributed by atoms with Gasteiger partial charge in [0.25, 0.3) is 0 Å². The largest absolute Gasteiger partial charge is 0.342 e. The molecule has 0 saturated heterocycles. The Balaban J connectivity index is 2.70. The first-order chi connectivity index (χ1) is 9.53. The van der Waals surface area contributed by atoms with Gasteiger partial charge in [-0.1, -0.05) is 12.1 Å². The van der Waals surface area contributed by atoms with Gasteiger partial charge in [-0.2, -0.15) is 5.26 Å². The number of hydrogen-bond acceptors (Lipinski definition) is 3. The molecule has 0 atom stereocenters. The van der Waals surface area contributed by atoms with Crippen LogP contribution in [-0.2, 0) is 11.3 Å². The van der Waals surface area contributed by atoms with E-state index in [2.05, 4.69) is 0 Å². The quantitative estimate of drug-likeness (QED) is 0.799. The van der Waals surface area contributed by atoms with Crippen LogP contribution < -0.4 is 0 Å². The minimum Gasteiger partial charge on any atom is -0.342 e. The van der Waals surface area contributed by atoms with Crippen molar-refractivity contribution in [2.45, 2.75) is 20.4 Å². The van der Waals surface area contributed by atoms with E-state index in [1.165, 1.54) is 6.07 Å². The van der Waals surface area contributed by atoms with Crippen molar-refractivity contribution in [1.82, 2.24) is 9.80 Å². The molecule has 4 nitrogen and oxygen atoms in total. The Morgan fingerprint density at radius 2 is 2.00 bits per heavy atom. The van der Waals surface area contributed by atoms with Crippen molar-refractivity contribution in [1.29, 1.82) is 5.26 Å². The molecule has 0 unspecified atom stereocenters. The van der Waals surface area contributed by atoms with Gasteiger partial charge in [-0.3, -0.25) is 9.69 Å². The van der Waals surface area contributed by atoms with Crippen LogP contribution in [0.5, 0.6) is 0 Å². The van der Waals surface area contributed by atoms with Crippen LogP contribution in [-0.4, -0.2) is 42.4 Å². The Morgan fingerprint density at radius 1 is 1.35 bits per heavy atom. The molecule has 1 aromatic rings. The smallest absolute Gasteiger partial charge is 0.236 e. The molecule has 1 aromatic carbocycles. The zero-order chi connectivity index (χ0) is 15.1. The highest BCUT2D eigenvalue weighted by molar-refractivity contribution is 5.78. The Kier molecular flexibility index (Phi) is 6.13. The number of nitrogens with zero attached hydrogens (tertiary/aromatic N) is 3. The molecule has 0 radical (unpaired) electrons. The molecule has 0 aliphatic rings. The van der Waals surface area contributed by atoms with Gasteiger partial charge in [0, 0.05) is 25.2 Å². The molecule has 20 heavy (non-hydrogen) atoms. The zero-order valence-electron chi connectivity index (χ0n) is 12.2. The second-order valence-corrected chi connectivity index (χ2v) is 4.63. The van der Waals surface area contributed by atoms with Crippen molar-refractivity contribution >= 4 is 5.91 Å². The molecule has 0 N–H and O–H groups in total. The predicted molar refractivity (Wildman–Crippen MR) is 75.4 cm³/mol. The van der Waals surface area contributed by atoms with E-state index in [1.54, 1.807) is 29.0 Å². The van der Waals surface area contributed by atoms with Gasteiger partial charge in [-0.05, 0) is 27.0 Å². The summed E-state index contributed by atoms with van der Waals surface area (Å²) in [6, 6.07) is 6.55. The maximum Gasteiger partial charge on any atom is 0.236 e. The van der Waals surface area contributed by atoms with Gasteiger partial charge in [0.1, 0.15) is 11.9 Å². The molecular formula is C15H20FN3O. The van der Waals surface area contributed by atoms with E-state index in [-0.39, 0.29) is 18.0 Å². The van der Waals surface area contributed by atoms with Crippen LogP contribution in [0.1, 0.15) is 25.0 Å². The normalized spacial score (nSPS) is 10.4. The number of carbonyl (C=O) groups is 1. The van der Waals surface area contributed by atoms with Gasteiger partial charge < -0.3 is 4.90 Å². The molecular weight excluding hydrogens is 257 g/mol. The maximum atomic E-state index is 13.9. The number of likely N-dealkylation sites (N-methyl/N-ethyl adjacent to an activating group) is 2. The van der Waals surface area contributed by atoms with Crippen LogP contribution in [0.2, 0.25) is 0 Å². The Morgan fingerprint density at radius 3 is 2.55 bits per heavy atom. The van der Waals surface area contributed by atoms with E-state index in [9.17, 15) is 9.18 Å². The molecule has 0 aliphatic heterocycles. The molecule has 0 bridgehead atoms. The number of hydrogen-bond donors (Lipinski definition) is 0. The second-order valence-electron chi connectivity index (χ2n) is 4.63. The number of halogens is 1. The van der Waals surface area contributed by atoms with Crippen LogP contribution >= 0.6 is 0 Å². The summed E-state index contributed by atoms with van der Waals surface area (Å²) in [5.41, 5.74) is 0.463. The number of benzene rings is 1. The summed E-state index contributed by atoms with van der Waals surface area (Å²) in [5.74, 6) is -0.480. The van der Waals surface area contributed by atoms with Gasteiger partial charge in [-0.25, -0.2) is 4.39 Å². The van der Waals surface area contributed by atoms with Crippen LogP contribution in [0.25, 0.3) is 0 Å². The van der Waals surface area contributed by atoms with Crippen molar-refractivity contribution in [3.05, 3.63) is 35.1 Å². The summed E-state index contributed by atoms with van der Waals surface area (Å²) in [6.45, 7) is 5.73. The topological polar surface area (TPSA) is 47.3 Å². The Hall–Kier alpha value is -1.93. The van der Waals surface area contributed by atoms with Gasteiger partial charge in [-0.15, -0.1) is 0 Å². The third-order valence-electron chi connectivity index (χ3n) is 3.16. The third kappa shape index (κ3) is 4.04. The number of nitriles is 1. The van der Waals surface area contributed by atoms with E-state index in [0.717, 1.165) is 0 Å². The molecule has 5 heteroatoms. The Labute approximate surface area is 119 Å². The standard InChI is InChI=1S/C15H20FN3O/c1-4-19(5-2)14(20)11-18(3)10-13-8-6-7-12(9-17)15(13)16/h6-8H,4-5,10-11H2,1-3H3. The molecule has 1 amide bonds. The molecule has 0 aromatic heterocycles. The number of carbonyl (C=O) groups excluding carboxylic acids is 1. The third-order valence-corrected chi connectivity index (χ3v) is 3.16. The molecule has 108 valence electrons. The minimum absolute atomic E-state index is 0.0225. The first kappa shape index (κ1) is 16.1. The fraction of sp³-hybridized carbons (Fsp3) is 0.467. The lowest BCUT2D eigenvalue weighted by Crippen LogP contribution is -2.38. The molecule has 0 fully saturated rings. The van der Waals surface area contributed by atoms with E-state index in [0.29, 0.717) is 25.2 Å². The van der Waals surface area contributed by atoms with Gasteiger partial charge in [0.2, 0.25) is 5.91 Å². The first-order valence-electron chi connectivity index (χ1n) is 6.67. The van der Waals surface area contributed by atoms with Crippen LogP contribution in [0.4, 0.5) is 4.39 Å². The molecule has 0 saturated carbocycles. The molecule has 0 aliphatic carbocycles. The van der Waals surface area contributed by atoms with Gasteiger partial charge in [0.05, 0.1) is 12.1 Å². The number of amides is 1. The van der Waals surface area contributed by atoms with E-state index in [1.807, 2.05) is 19.9 Å². The van der Waals surface area contributed by atoms with E-state index < -0.39 is 5.82 Å². The minimum atomic E-state index is -0.503. The summed E-state index contributed by atoms with van der Waals surface area (Å²) >= 11 is 0. The highest BCUT2D eigenvalue weighted by atomic mass is 19.1. The second kappa shape index (κ2) is 7.61. The predicted octanol–water partition coefficient (Wildman–Crippen LogP) is 2.00. The summed E-state index contributed by atoms with van der Waals surface area (Å²) in [7, 11) is 1.76. The fourth-order valence-corrected chi connectivity index (χ4v) is 2.04. The van der Waals surface area contributed by atoms with Gasteiger partial charge >= 0.3 is 0 Å². The van der Waals surface area contributed by atoms with Crippen molar-refractivity contribution in [2.75, 3.05) is 26.7 Å². The van der Waals surface area contributed by atoms with Gasteiger partial charge in [0.15, 0.2) is 0 Å². The fourth-order valence-electron chi connectivity index (χ4n) is 2.04. The zero-order valence-corrected chi connectivity index (χ0v) is 12.2. The summed E-state index contributed by atoms with van der Waals surface area (Å²) in [6.07, 6.45) is 0. The van der Waals surface area contributed by atoms with E-state index >= 15 is 0 Å². The summed E-state index contributed by atoms with van der Waals surface area (Å²) < 4.78 is 13.9.